The number of halogens is 2. The van der Waals surface area contributed by atoms with E-state index in [-0.39, 0.29) is 15.8 Å². The Morgan fingerprint density at radius 2 is 1.67 bits per heavy atom. The lowest BCUT2D eigenvalue weighted by Crippen LogP contribution is -2.35. The molecule has 0 unspecified atom stereocenters. The van der Waals surface area contributed by atoms with Gasteiger partial charge < -0.3 is 0 Å². The first-order chi connectivity index (χ1) is 10.0. The zero-order valence-corrected chi connectivity index (χ0v) is 14.1. The minimum absolute atomic E-state index is 0.198. The Balaban J connectivity index is 1.91. The van der Waals surface area contributed by atoms with E-state index in [4.69, 9.17) is 23.2 Å². The van der Waals surface area contributed by atoms with E-state index in [0.29, 0.717) is 24.9 Å². The Morgan fingerprint density at radius 1 is 1.10 bits per heavy atom. The molecule has 0 aromatic heterocycles. The van der Waals surface area contributed by atoms with Gasteiger partial charge >= 0.3 is 0 Å². The van der Waals surface area contributed by atoms with E-state index in [1.54, 1.807) is 22.5 Å². The molecule has 1 aromatic carbocycles. The van der Waals surface area contributed by atoms with Crippen molar-refractivity contribution in [2.45, 2.75) is 36.5 Å². The minimum atomic E-state index is -3.53. The van der Waals surface area contributed by atoms with Crippen molar-refractivity contribution in [3.63, 3.8) is 0 Å². The maximum absolute atomic E-state index is 12.9. The molecule has 2 fully saturated rings. The van der Waals surface area contributed by atoms with Crippen LogP contribution in [0.2, 0.25) is 5.02 Å². The van der Waals surface area contributed by atoms with Crippen LogP contribution in [-0.2, 0) is 15.9 Å². The predicted molar refractivity (Wildman–Crippen MR) is 85.2 cm³/mol. The summed E-state index contributed by atoms with van der Waals surface area (Å²) in [5, 5.41) is 0.278. The average Bonchev–Trinajstić information content (AvgIpc) is 3.33. The van der Waals surface area contributed by atoms with Gasteiger partial charge in [0.05, 0.1) is 5.02 Å². The Bertz CT molecular complexity index is 611. The fourth-order valence-corrected chi connectivity index (χ4v) is 4.70. The van der Waals surface area contributed by atoms with Crippen LogP contribution in [0.4, 0.5) is 0 Å². The van der Waals surface area contributed by atoms with Crippen LogP contribution in [0.3, 0.4) is 0 Å². The highest BCUT2D eigenvalue weighted by Gasteiger charge is 2.36. The molecule has 0 heterocycles. The van der Waals surface area contributed by atoms with Crippen molar-refractivity contribution in [3.05, 3.63) is 28.8 Å². The Morgan fingerprint density at radius 3 is 2.14 bits per heavy atom. The number of alkyl halides is 1. The molecule has 2 aliphatic carbocycles. The zero-order valence-electron chi connectivity index (χ0n) is 11.8. The van der Waals surface area contributed by atoms with Gasteiger partial charge in [-0.05, 0) is 55.2 Å². The summed E-state index contributed by atoms with van der Waals surface area (Å²) in [6, 6.07) is 5.00. The fraction of sp³-hybridized carbons (Fsp3) is 0.600. The Hall–Kier alpha value is -0.290. The standard InChI is InChI=1S/C15H19Cl2NO2S/c16-8-13-5-6-14(17)15(7-13)21(19,20)18(9-11-1-2-11)10-12-3-4-12/h5-7,11-12H,1-4,8-10H2. The molecule has 21 heavy (non-hydrogen) atoms. The normalized spacial score (nSPS) is 19.2. The first-order valence-corrected chi connectivity index (χ1v) is 9.70. The summed E-state index contributed by atoms with van der Waals surface area (Å²) in [4.78, 5) is 0.198. The summed E-state index contributed by atoms with van der Waals surface area (Å²) in [7, 11) is -3.53. The van der Waals surface area contributed by atoms with Crippen molar-refractivity contribution in [2.75, 3.05) is 13.1 Å². The molecule has 2 aliphatic rings. The highest BCUT2D eigenvalue weighted by molar-refractivity contribution is 7.89. The number of nitrogens with zero attached hydrogens (tertiary/aromatic N) is 1. The fourth-order valence-electron chi connectivity index (χ4n) is 2.42. The van der Waals surface area contributed by atoms with Crippen molar-refractivity contribution >= 4 is 33.2 Å². The number of rotatable bonds is 7. The molecule has 3 nitrogen and oxygen atoms in total. The van der Waals surface area contributed by atoms with Crippen LogP contribution in [0, 0.1) is 11.8 Å². The third-order valence-electron chi connectivity index (χ3n) is 4.09. The molecule has 0 aliphatic heterocycles. The lowest BCUT2D eigenvalue weighted by Gasteiger charge is -2.23. The van der Waals surface area contributed by atoms with Gasteiger partial charge in [0.25, 0.3) is 0 Å². The molecular weight excluding hydrogens is 329 g/mol. The molecule has 1 aromatic rings. The van der Waals surface area contributed by atoms with Crippen molar-refractivity contribution in [1.82, 2.24) is 4.31 Å². The maximum atomic E-state index is 12.9. The van der Waals surface area contributed by atoms with Crippen molar-refractivity contribution in [1.29, 1.82) is 0 Å². The summed E-state index contributed by atoms with van der Waals surface area (Å²) >= 11 is 12.0. The monoisotopic (exact) mass is 347 g/mol. The summed E-state index contributed by atoms with van der Waals surface area (Å²) < 4.78 is 27.5. The van der Waals surface area contributed by atoms with Crippen LogP contribution in [0.25, 0.3) is 0 Å². The Labute approximate surface area is 136 Å². The van der Waals surface area contributed by atoms with Gasteiger partial charge in [0.2, 0.25) is 10.0 Å². The van der Waals surface area contributed by atoms with Crippen LogP contribution in [0.1, 0.15) is 31.2 Å². The van der Waals surface area contributed by atoms with Gasteiger partial charge in [0.1, 0.15) is 4.90 Å². The zero-order chi connectivity index (χ0) is 15.0. The third kappa shape index (κ3) is 3.73. The van der Waals surface area contributed by atoms with Gasteiger partial charge in [0, 0.05) is 19.0 Å². The highest BCUT2D eigenvalue weighted by Crippen LogP contribution is 2.37. The second-order valence-electron chi connectivity index (χ2n) is 6.11. The molecule has 2 saturated carbocycles. The van der Waals surface area contributed by atoms with E-state index in [9.17, 15) is 8.42 Å². The van der Waals surface area contributed by atoms with Crippen molar-refractivity contribution < 1.29 is 8.42 Å². The van der Waals surface area contributed by atoms with E-state index in [1.165, 1.54) is 0 Å². The molecule has 0 bridgehead atoms. The number of sulfonamides is 1. The summed E-state index contributed by atoms with van der Waals surface area (Å²) in [5.74, 6) is 1.33. The van der Waals surface area contributed by atoms with Crippen molar-refractivity contribution in [3.8, 4) is 0 Å². The highest BCUT2D eigenvalue weighted by atomic mass is 35.5. The van der Waals surface area contributed by atoms with Gasteiger partial charge in [0.15, 0.2) is 0 Å². The van der Waals surface area contributed by atoms with Gasteiger partial charge in [-0.25, -0.2) is 8.42 Å². The molecule has 0 atom stereocenters. The molecule has 116 valence electrons. The second kappa shape index (κ2) is 6.07. The van der Waals surface area contributed by atoms with Crippen LogP contribution in [-0.4, -0.2) is 25.8 Å². The molecular formula is C15H19Cl2NO2S. The molecule has 0 amide bonds. The first kappa shape index (κ1) is 15.6. The van der Waals surface area contributed by atoms with Crippen LogP contribution >= 0.6 is 23.2 Å². The molecule has 0 spiro atoms. The summed E-state index contributed by atoms with van der Waals surface area (Å²) in [6.07, 6.45) is 4.52. The number of benzene rings is 1. The van der Waals surface area contributed by atoms with Gasteiger partial charge in [-0.15, -0.1) is 11.6 Å². The average molecular weight is 348 g/mol. The quantitative estimate of drug-likeness (QED) is 0.701. The molecule has 0 saturated heterocycles. The van der Waals surface area contributed by atoms with Gasteiger partial charge in [-0.1, -0.05) is 17.7 Å². The predicted octanol–water partition coefficient (Wildman–Crippen LogP) is 3.89. The SMILES string of the molecule is O=S(=O)(c1cc(CCl)ccc1Cl)N(CC1CC1)CC1CC1. The largest absolute Gasteiger partial charge is 0.244 e. The summed E-state index contributed by atoms with van der Waals surface area (Å²) in [6.45, 7) is 1.25. The minimum Gasteiger partial charge on any atom is -0.207 e. The molecule has 0 radical (unpaired) electrons. The smallest absolute Gasteiger partial charge is 0.207 e. The van der Waals surface area contributed by atoms with E-state index in [2.05, 4.69) is 0 Å². The van der Waals surface area contributed by atoms with E-state index in [1.807, 2.05) is 0 Å². The lowest BCUT2D eigenvalue weighted by atomic mass is 10.2. The number of hydrogen-bond acceptors (Lipinski definition) is 2. The second-order valence-corrected chi connectivity index (χ2v) is 8.69. The topological polar surface area (TPSA) is 37.4 Å². The Kier molecular flexibility index (Phi) is 4.51. The van der Waals surface area contributed by atoms with Crippen molar-refractivity contribution in [2.24, 2.45) is 11.8 Å². The van der Waals surface area contributed by atoms with E-state index >= 15 is 0 Å². The van der Waals surface area contributed by atoms with Crippen LogP contribution < -0.4 is 0 Å². The van der Waals surface area contributed by atoms with E-state index < -0.39 is 10.0 Å². The third-order valence-corrected chi connectivity index (χ3v) is 6.71. The summed E-state index contributed by atoms with van der Waals surface area (Å²) in [5.41, 5.74) is 0.775. The lowest BCUT2D eigenvalue weighted by molar-refractivity contribution is 0.382. The molecule has 3 rings (SSSR count). The first-order valence-electron chi connectivity index (χ1n) is 7.35. The van der Waals surface area contributed by atoms with Gasteiger partial charge in [-0.2, -0.15) is 4.31 Å². The van der Waals surface area contributed by atoms with Gasteiger partial charge in [-0.3, -0.25) is 0 Å². The maximum Gasteiger partial charge on any atom is 0.244 e. The number of hydrogen-bond donors (Lipinski definition) is 0. The van der Waals surface area contributed by atoms with E-state index in [0.717, 1.165) is 31.2 Å². The van der Waals surface area contributed by atoms with Crippen LogP contribution in [0.15, 0.2) is 23.1 Å². The molecule has 6 heteroatoms. The molecule has 0 N–H and O–H groups in total. The van der Waals surface area contributed by atoms with Crippen LogP contribution in [0.5, 0.6) is 0 Å².